The molecule has 0 bridgehead atoms. The molecule has 0 aromatic carbocycles. The van der Waals surface area contributed by atoms with Gasteiger partial charge in [0, 0.05) is 0 Å². The molecule has 4 nitrogen and oxygen atoms in total. The zero-order valence-electron chi connectivity index (χ0n) is 10.5. The Morgan fingerprint density at radius 3 is 2.12 bits per heavy atom. The quantitative estimate of drug-likeness (QED) is 0.432. The molecule has 16 heavy (non-hydrogen) atoms. The molecule has 0 fully saturated rings. The number of hydrogen-bond donors (Lipinski definition) is 1. The smallest absolute Gasteiger partial charge is 0.748 e. The van der Waals surface area contributed by atoms with Crippen LogP contribution in [0.25, 0.3) is 0 Å². The van der Waals surface area contributed by atoms with Crippen LogP contribution < -0.4 is 29.6 Å². The molecule has 0 spiro atoms. The van der Waals surface area contributed by atoms with Crippen molar-refractivity contribution in [2.75, 3.05) is 0 Å². The van der Waals surface area contributed by atoms with Crippen molar-refractivity contribution in [3.05, 3.63) is 0 Å². The normalized spacial score (nSPS) is 15.2. The van der Waals surface area contributed by atoms with Gasteiger partial charge < -0.3 is 9.66 Å². The van der Waals surface area contributed by atoms with Crippen LogP contribution in [0.15, 0.2) is 0 Å². The summed E-state index contributed by atoms with van der Waals surface area (Å²) in [5.74, 6) is 0. The number of aliphatic hydroxyl groups excluding tert-OH is 1. The average molecular weight is 260 g/mol. The molecule has 0 aliphatic heterocycles. The van der Waals surface area contributed by atoms with Crippen molar-refractivity contribution in [3.63, 3.8) is 0 Å². The van der Waals surface area contributed by atoms with E-state index in [1.54, 1.807) is 0 Å². The van der Waals surface area contributed by atoms with E-state index in [1.165, 1.54) is 0 Å². The van der Waals surface area contributed by atoms with E-state index in [9.17, 15) is 18.1 Å². The molecule has 1 N–H and O–H groups in total. The number of unbranched alkanes of at least 4 members (excludes halogenated alkanes) is 1. The number of hydrogen-bond acceptors (Lipinski definition) is 4. The summed E-state index contributed by atoms with van der Waals surface area (Å²) in [5.41, 5.74) is 0. The Morgan fingerprint density at radius 1 is 1.19 bits per heavy atom. The molecule has 0 aromatic rings. The Hall–Kier alpha value is 0.870. The van der Waals surface area contributed by atoms with Crippen molar-refractivity contribution >= 4 is 10.1 Å². The molecule has 0 rings (SSSR count). The molecule has 0 aliphatic rings. The summed E-state index contributed by atoms with van der Waals surface area (Å²) in [5, 5.41) is 8.62. The Bertz CT molecular complexity index is 254. The molecule has 0 aliphatic carbocycles. The molecule has 0 amide bonds. The molecule has 0 saturated heterocycles. The van der Waals surface area contributed by atoms with Crippen LogP contribution in [0, 0.1) is 0 Å². The standard InChI is InChI=1S/C10H22O4S.Na/c1-3-5-7-9(11)8-10(6-4-2)15(12,13)14;/h9-11H,3-8H2,1-2H3,(H,12,13,14);/q;+1/p-1. The maximum absolute atomic E-state index is 10.9. The second-order valence-electron chi connectivity index (χ2n) is 3.94. The van der Waals surface area contributed by atoms with E-state index >= 15 is 0 Å². The average Bonchev–Trinajstić information content (AvgIpc) is 2.12. The topological polar surface area (TPSA) is 77.4 Å². The maximum atomic E-state index is 10.9. The van der Waals surface area contributed by atoms with Gasteiger partial charge in [-0.05, 0) is 19.3 Å². The van der Waals surface area contributed by atoms with Crippen LogP contribution in [-0.2, 0) is 10.1 Å². The van der Waals surface area contributed by atoms with Crippen molar-refractivity contribution in [2.24, 2.45) is 0 Å². The largest absolute Gasteiger partial charge is 1.00 e. The summed E-state index contributed by atoms with van der Waals surface area (Å²) in [6.45, 7) is 3.83. The van der Waals surface area contributed by atoms with Gasteiger partial charge >= 0.3 is 29.6 Å². The molecule has 6 heteroatoms. The third-order valence-corrected chi connectivity index (χ3v) is 3.69. The van der Waals surface area contributed by atoms with Gasteiger partial charge in [0.05, 0.1) is 21.5 Å². The Balaban J connectivity index is 0. The van der Waals surface area contributed by atoms with E-state index in [2.05, 4.69) is 0 Å². The number of rotatable bonds is 8. The molecule has 0 aromatic heterocycles. The predicted molar refractivity (Wildman–Crippen MR) is 58.5 cm³/mol. The van der Waals surface area contributed by atoms with Gasteiger partial charge in [-0.25, -0.2) is 8.42 Å². The number of aliphatic hydroxyl groups is 1. The Kier molecular flexibility index (Phi) is 11.8. The molecule has 92 valence electrons. The van der Waals surface area contributed by atoms with E-state index in [0.29, 0.717) is 19.3 Å². The molecule has 2 unspecified atom stereocenters. The first-order valence-electron chi connectivity index (χ1n) is 5.54. The Morgan fingerprint density at radius 2 is 1.75 bits per heavy atom. The van der Waals surface area contributed by atoms with Gasteiger partial charge in [0.2, 0.25) is 0 Å². The van der Waals surface area contributed by atoms with Gasteiger partial charge in [0.15, 0.2) is 0 Å². The first kappa shape index (κ1) is 19.2. The summed E-state index contributed by atoms with van der Waals surface area (Å²) in [6.07, 6.45) is 2.80. The van der Waals surface area contributed by atoms with E-state index in [-0.39, 0.29) is 36.0 Å². The summed E-state index contributed by atoms with van der Waals surface area (Å²) in [7, 11) is -4.26. The molecule has 0 heterocycles. The second-order valence-corrected chi connectivity index (χ2v) is 5.59. The van der Waals surface area contributed by atoms with Gasteiger partial charge in [-0.3, -0.25) is 0 Å². The molecular weight excluding hydrogens is 239 g/mol. The van der Waals surface area contributed by atoms with Gasteiger partial charge in [0.25, 0.3) is 0 Å². The third-order valence-electron chi connectivity index (χ3n) is 2.44. The fourth-order valence-corrected chi connectivity index (χ4v) is 2.55. The monoisotopic (exact) mass is 260 g/mol. The second kappa shape index (κ2) is 9.85. The maximum Gasteiger partial charge on any atom is 1.00 e. The Labute approximate surface area is 121 Å². The van der Waals surface area contributed by atoms with Crippen molar-refractivity contribution in [3.8, 4) is 0 Å². The molecule has 2 atom stereocenters. The van der Waals surface area contributed by atoms with Crippen LogP contribution in [0.1, 0.15) is 52.4 Å². The zero-order chi connectivity index (χ0) is 11.9. The van der Waals surface area contributed by atoms with Crippen molar-refractivity contribution < 1.29 is 47.6 Å². The van der Waals surface area contributed by atoms with Crippen LogP contribution in [-0.4, -0.2) is 29.4 Å². The minimum Gasteiger partial charge on any atom is -0.748 e. The molecular formula is C10H21NaO4S. The summed E-state index contributed by atoms with van der Waals surface area (Å²) in [6, 6.07) is 0. The molecule has 0 radical (unpaired) electrons. The summed E-state index contributed by atoms with van der Waals surface area (Å²) < 4.78 is 32.6. The minimum atomic E-state index is -4.26. The van der Waals surface area contributed by atoms with E-state index < -0.39 is 21.5 Å². The van der Waals surface area contributed by atoms with Gasteiger partial charge in [-0.1, -0.05) is 33.1 Å². The van der Waals surface area contributed by atoms with Gasteiger partial charge in [-0.2, -0.15) is 0 Å². The van der Waals surface area contributed by atoms with Crippen LogP contribution in [0.3, 0.4) is 0 Å². The van der Waals surface area contributed by atoms with Crippen molar-refractivity contribution in [1.29, 1.82) is 0 Å². The van der Waals surface area contributed by atoms with E-state index in [4.69, 9.17) is 0 Å². The van der Waals surface area contributed by atoms with E-state index in [0.717, 1.165) is 12.8 Å². The SMILES string of the molecule is CCCCC(O)CC(CCC)S(=O)(=O)[O-].[Na+]. The minimum absolute atomic E-state index is 0. The third kappa shape index (κ3) is 8.96. The van der Waals surface area contributed by atoms with Crippen molar-refractivity contribution in [1.82, 2.24) is 0 Å². The predicted octanol–water partition coefficient (Wildman–Crippen LogP) is -1.35. The summed E-state index contributed by atoms with van der Waals surface area (Å²) >= 11 is 0. The fraction of sp³-hybridized carbons (Fsp3) is 1.00. The first-order chi connectivity index (χ1) is 6.91. The van der Waals surface area contributed by atoms with Crippen LogP contribution >= 0.6 is 0 Å². The van der Waals surface area contributed by atoms with Crippen LogP contribution in [0.5, 0.6) is 0 Å². The van der Waals surface area contributed by atoms with E-state index in [1.807, 2.05) is 13.8 Å². The first-order valence-corrected chi connectivity index (χ1v) is 7.01. The summed E-state index contributed by atoms with van der Waals surface area (Å²) in [4.78, 5) is 0. The molecule has 0 saturated carbocycles. The zero-order valence-corrected chi connectivity index (χ0v) is 13.3. The van der Waals surface area contributed by atoms with Crippen LogP contribution in [0.2, 0.25) is 0 Å². The fourth-order valence-electron chi connectivity index (χ4n) is 1.56. The van der Waals surface area contributed by atoms with Crippen molar-refractivity contribution in [2.45, 2.75) is 63.7 Å². The van der Waals surface area contributed by atoms with Crippen LogP contribution in [0.4, 0.5) is 0 Å². The van der Waals surface area contributed by atoms with Gasteiger partial charge in [-0.15, -0.1) is 0 Å². The van der Waals surface area contributed by atoms with Gasteiger partial charge in [0.1, 0.15) is 0 Å².